The number of primary amides is 1. The van der Waals surface area contributed by atoms with E-state index < -0.39 is 0 Å². The van der Waals surface area contributed by atoms with E-state index in [1.54, 1.807) is 23.9 Å². The number of rotatable bonds is 3. The molecular formula is C13H16N2OS2. The summed E-state index contributed by atoms with van der Waals surface area (Å²) in [4.78, 5) is 13.2. The molecule has 0 spiro atoms. The molecule has 1 aromatic carbocycles. The van der Waals surface area contributed by atoms with Gasteiger partial charge in [0.15, 0.2) is 0 Å². The van der Waals surface area contributed by atoms with Crippen molar-refractivity contribution in [1.82, 2.24) is 4.90 Å². The van der Waals surface area contributed by atoms with E-state index >= 15 is 0 Å². The second-order valence-electron chi connectivity index (χ2n) is 4.31. The molecule has 1 saturated heterocycles. The standard InChI is InChI=1S/C13H16N2OS2/c14-12(16)11-5-3-10(4-6-11)9-18-13(17)15-7-1-2-8-15/h3-6H,1-2,7-9H2,(H2,14,16). The number of amides is 1. The first-order valence-corrected chi connectivity index (χ1v) is 7.36. The van der Waals surface area contributed by atoms with Gasteiger partial charge in [-0.05, 0) is 30.5 Å². The van der Waals surface area contributed by atoms with Crippen LogP contribution < -0.4 is 5.73 Å². The van der Waals surface area contributed by atoms with Crippen molar-refractivity contribution in [2.75, 3.05) is 13.1 Å². The second kappa shape index (κ2) is 6.20. The number of hydrogen-bond acceptors (Lipinski definition) is 3. The summed E-state index contributed by atoms with van der Waals surface area (Å²) in [5, 5.41) is 0. The van der Waals surface area contributed by atoms with Gasteiger partial charge in [0.2, 0.25) is 5.91 Å². The Morgan fingerprint density at radius 2 is 1.89 bits per heavy atom. The number of thioether (sulfide) groups is 1. The number of nitrogens with two attached hydrogens (primary N) is 1. The first-order chi connectivity index (χ1) is 8.66. The molecule has 2 rings (SSSR count). The molecule has 18 heavy (non-hydrogen) atoms. The van der Waals surface area contributed by atoms with Crippen LogP contribution in [0.1, 0.15) is 28.8 Å². The van der Waals surface area contributed by atoms with E-state index in [0.29, 0.717) is 5.56 Å². The number of carbonyl (C=O) groups excluding carboxylic acids is 1. The molecule has 1 heterocycles. The van der Waals surface area contributed by atoms with Crippen molar-refractivity contribution in [1.29, 1.82) is 0 Å². The molecule has 0 bridgehead atoms. The van der Waals surface area contributed by atoms with Crippen LogP contribution >= 0.6 is 24.0 Å². The molecule has 3 nitrogen and oxygen atoms in total. The summed E-state index contributed by atoms with van der Waals surface area (Å²) in [7, 11) is 0. The number of benzene rings is 1. The number of thiocarbonyl (C=S) groups is 1. The lowest BCUT2D eigenvalue weighted by molar-refractivity contribution is 0.100. The normalized spacial score (nSPS) is 14.8. The number of carbonyl (C=O) groups is 1. The topological polar surface area (TPSA) is 46.3 Å². The Labute approximate surface area is 117 Å². The maximum atomic E-state index is 10.9. The molecule has 96 valence electrons. The molecule has 0 saturated carbocycles. The largest absolute Gasteiger partial charge is 0.366 e. The highest BCUT2D eigenvalue weighted by molar-refractivity contribution is 8.22. The van der Waals surface area contributed by atoms with Crippen molar-refractivity contribution < 1.29 is 4.79 Å². The lowest BCUT2D eigenvalue weighted by atomic mass is 10.1. The minimum Gasteiger partial charge on any atom is -0.366 e. The summed E-state index contributed by atoms with van der Waals surface area (Å²) in [5.41, 5.74) is 6.90. The number of nitrogens with zero attached hydrogens (tertiary/aromatic N) is 1. The van der Waals surface area contributed by atoms with Gasteiger partial charge >= 0.3 is 0 Å². The summed E-state index contributed by atoms with van der Waals surface area (Å²) in [6.07, 6.45) is 2.49. The van der Waals surface area contributed by atoms with Crippen LogP contribution in [0.2, 0.25) is 0 Å². The van der Waals surface area contributed by atoms with Gasteiger partial charge in [-0.3, -0.25) is 4.79 Å². The minimum atomic E-state index is -0.387. The predicted molar refractivity (Wildman–Crippen MR) is 79.7 cm³/mol. The van der Waals surface area contributed by atoms with Crippen molar-refractivity contribution in [2.45, 2.75) is 18.6 Å². The first kappa shape index (κ1) is 13.4. The molecule has 0 unspecified atom stereocenters. The SMILES string of the molecule is NC(=O)c1ccc(CSC(=S)N2CCCC2)cc1. The highest BCUT2D eigenvalue weighted by Gasteiger charge is 2.14. The van der Waals surface area contributed by atoms with Gasteiger partial charge in [-0.1, -0.05) is 36.1 Å². The molecule has 2 N–H and O–H groups in total. The van der Waals surface area contributed by atoms with Gasteiger partial charge in [-0.15, -0.1) is 0 Å². The van der Waals surface area contributed by atoms with Crippen LogP contribution in [0.5, 0.6) is 0 Å². The highest BCUT2D eigenvalue weighted by atomic mass is 32.2. The molecule has 0 aliphatic carbocycles. The molecule has 1 amide bonds. The lowest BCUT2D eigenvalue weighted by Gasteiger charge is -2.17. The zero-order chi connectivity index (χ0) is 13.0. The van der Waals surface area contributed by atoms with Gasteiger partial charge in [0, 0.05) is 24.4 Å². The van der Waals surface area contributed by atoms with E-state index in [1.165, 1.54) is 12.8 Å². The van der Waals surface area contributed by atoms with Gasteiger partial charge < -0.3 is 10.6 Å². The molecule has 1 fully saturated rings. The van der Waals surface area contributed by atoms with Crippen molar-refractivity contribution >= 4 is 34.2 Å². The smallest absolute Gasteiger partial charge is 0.248 e. The van der Waals surface area contributed by atoms with Gasteiger partial charge in [0.25, 0.3) is 0 Å². The van der Waals surface area contributed by atoms with E-state index in [0.717, 1.165) is 28.7 Å². The van der Waals surface area contributed by atoms with E-state index in [9.17, 15) is 4.79 Å². The first-order valence-electron chi connectivity index (χ1n) is 5.97. The molecule has 0 aromatic heterocycles. The molecular weight excluding hydrogens is 264 g/mol. The Bertz CT molecular complexity index is 439. The van der Waals surface area contributed by atoms with Crippen molar-refractivity contribution in [3.05, 3.63) is 35.4 Å². The van der Waals surface area contributed by atoms with E-state index in [2.05, 4.69) is 4.90 Å². The third kappa shape index (κ3) is 3.46. The molecule has 0 radical (unpaired) electrons. The zero-order valence-electron chi connectivity index (χ0n) is 10.1. The summed E-state index contributed by atoms with van der Waals surface area (Å²) < 4.78 is 0.978. The van der Waals surface area contributed by atoms with Crippen molar-refractivity contribution in [2.24, 2.45) is 5.73 Å². The maximum absolute atomic E-state index is 10.9. The van der Waals surface area contributed by atoms with Crippen LogP contribution in [0, 0.1) is 0 Å². The van der Waals surface area contributed by atoms with E-state index in [1.807, 2.05) is 12.1 Å². The maximum Gasteiger partial charge on any atom is 0.248 e. The zero-order valence-corrected chi connectivity index (χ0v) is 11.7. The number of hydrogen-bond donors (Lipinski definition) is 1. The Hall–Kier alpha value is -1.07. The van der Waals surface area contributed by atoms with Crippen molar-refractivity contribution in [3.8, 4) is 0 Å². The Morgan fingerprint density at radius 3 is 2.44 bits per heavy atom. The quantitative estimate of drug-likeness (QED) is 0.864. The molecule has 1 aliphatic rings. The highest BCUT2D eigenvalue weighted by Crippen LogP contribution is 2.20. The summed E-state index contributed by atoms with van der Waals surface area (Å²) in [5.74, 6) is 0.454. The van der Waals surface area contributed by atoms with Crippen LogP contribution in [-0.4, -0.2) is 28.2 Å². The predicted octanol–water partition coefficient (Wildman–Crippen LogP) is 2.40. The van der Waals surface area contributed by atoms with Crippen LogP contribution in [0.3, 0.4) is 0 Å². The van der Waals surface area contributed by atoms with Crippen LogP contribution in [0.15, 0.2) is 24.3 Å². The van der Waals surface area contributed by atoms with Gasteiger partial charge in [-0.25, -0.2) is 0 Å². The van der Waals surface area contributed by atoms with E-state index in [4.69, 9.17) is 18.0 Å². The third-order valence-electron chi connectivity index (χ3n) is 2.97. The average Bonchev–Trinajstić information content (AvgIpc) is 2.90. The fraction of sp³-hybridized carbons (Fsp3) is 0.385. The Balaban J connectivity index is 1.86. The van der Waals surface area contributed by atoms with Crippen LogP contribution in [0.4, 0.5) is 0 Å². The molecule has 1 aromatic rings. The molecule has 5 heteroatoms. The monoisotopic (exact) mass is 280 g/mol. The fourth-order valence-corrected chi connectivity index (χ4v) is 3.11. The molecule has 0 atom stereocenters. The Morgan fingerprint density at radius 1 is 1.28 bits per heavy atom. The van der Waals surface area contributed by atoms with Gasteiger partial charge in [0.05, 0.1) is 0 Å². The van der Waals surface area contributed by atoms with Gasteiger partial charge in [-0.2, -0.15) is 0 Å². The Kier molecular flexibility index (Phi) is 4.60. The van der Waals surface area contributed by atoms with Crippen LogP contribution in [0.25, 0.3) is 0 Å². The van der Waals surface area contributed by atoms with E-state index in [-0.39, 0.29) is 5.91 Å². The fourth-order valence-electron chi connectivity index (χ4n) is 1.90. The molecule has 1 aliphatic heterocycles. The van der Waals surface area contributed by atoms with Crippen molar-refractivity contribution in [3.63, 3.8) is 0 Å². The third-order valence-corrected chi connectivity index (χ3v) is 4.56. The average molecular weight is 280 g/mol. The number of likely N-dealkylation sites (tertiary alicyclic amines) is 1. The lowest BCUT2D eigenvalue weighted by Crippen LogP contribution is -2.23. The van der Waals surface area contributed by atoms with Crippen LogP contribution in [-0.2, 0) is 5.75 Å². The summed E-state index contributed by atoms with van der Waals surface area (Å²) in [6.45, 7) is 2.18. The summed E-state index contributed by atoms with van der Waals surface area (Å²) >= 11 is 7.08. The minimum absolute atomic E-state index is 0.387. The second-order valence-corrected chi connectivity index (χ2v) is 5.92. The summed E-state index contributed by atoms with van der Waals surface area (Å²) in [6, 6.07) is 7.38. The van der Waals surface area contributed by atoms with Gasteiger partial charge in [0.1, 0.15) is 4.32 Å².